The molecule has 27 heavy (non-hydrogen) atoms. The third kappa shape index (κ3) is 4.73. The Hall–Kier alpha value is -2.24. The lowest BCUT2D eigenvalue weighted by Gasteiger charge is -2.32. The van der Waals surface area contributed by atoms with Crippen molar-refractivity contribution in [2.75, 3.05) is 19.7 Å². The fourth-order valence-electron chi connectivity index (χ4n) is 3.70. The average molecular weight is 377 g/mol. The molecule has 4 nitrogen and oxygen atoms in total. The lowest BCUT2D eigenvalue weighted by Crippen LogP contribution is -2.41. The lowest BCUT2D eigenvalue weighted by atomic mass is 9.85. The number of nitrogens with zero attached hydrogens (tertiary/aromatic N) is 1. The second-order valence-corrected chi connectivity index (χ2v) is 7.50. The highest BCUT2D eigenvalue weighted by Gasteiger charge is 2.30. The summed E-state index contributed by atoms with van der Waals surface area (Å²) in [6.45, 7) is 3.32. The molecular weight excluding hydrogens is 352 g/mol. The Balaban J connectivity index is 1.48. The van der Waals surface area contributed by atoms with E-state index in [9.17, 15) is 18.4 Å². The smallest absolute Gasteiger partial charge is 0.309 e. The zero-order chi connectivity index (χ0) is 19.4. The molecular formula is C21H25F2NO3. The molecule has 1 aromatic rings. The number of rotatable bonds is 4. The van der Waals surface area contributed by atoms with Crippen LogP contribution in [0.1, 0.15) is 43.0 Å². The third-order valence-corrected chi connectivity index (χ3v) is 5.63. The zero-order valence-corrected chi connectivity index (χ0v) is 15.5. The molecule has 1 amide bonds. The Morgan fingerprint density at radius 1 is 1.15 bits per heavy atom. The number of carbonyl (C=O) groups is 2. The van der Waals surface area contributed by atoms with E-state index in [4.69, 9.17) is 4.74 Å². The molecule has 0 spiro atoms. The number of hydrogen-bond acceptors (Lipinski definition) is 3. The minimum Gasteiger partial charge on any atom is -0.465 e. The van der Waals surface area contributed by atoms with Crippen molar-refractivity contribution in [3.8, 4) is 0 Å². The molecule has 1 aliphatic carbocycles. The van der Waals surface area contributed by atoms with Crippen molar-refractivity contribution in [2.24, 2.45) is 17.8 Å². The molecule has 1 saturated heterocycles. The van der Waals surface area contributed by atoms with E-state index in [1.54, 1.807) is 0 Å². The Morgan fingerprint density at radius 3 is 2.52 bits per heavy atom. The second kappa shape index (κ2) is 8.63. The van der Waals surface area contributed by atoms with Crippen LogP contribution in [0.25, 0.3) is 0 Å². The standard InChI is InChI=1S/C21H25F2NO3/c1-14-4-2-3-5-16(14)13-27-21(26)15-8-10-24(11-9-15)20(25)18-7-6-17(22)12-19(18)23/h2-3,6-7,12,14-16H,4-5,8-11,13H2,1H3. The van der Waals surface area contributed by atoms with Gasteiger partial charge in [-0.2, -0.15) is 0 Å². The number of carbonyl (C=O) groups excluding carboxylic acids is 2. The van der Waals surface area contributed by atoms with Crippen LogP contribution < -0.4 is 0 Å². The molecule has 2 aliphatic rings. The van der Waals surface area contributed by atoms with Crippen molar-refractivity contribution in [1.82, 2.24) is 4.90 Å². The molecule has 1 aromatic carbocycles. The van der Waals surface area contributed by atoms with Crippen LogP contribution in [-0.4, -0.2) is 36.5 Å². The first-order valence-electron chi connectivity index (χ1n) is 9.51. The van der Waals surface area contributed by atoms with Gasteiger partial charge in [0.05, 0.1) is 18.1 Å². The van der Waals surface area contributed by atoms with Crippen molar-refractivity contribution in [3.05, 3.63) is 47.5 Å². The summed E-state index contributed by atoms with van der Waals surface area (Å²) in [5.41, 5.74) is -0.142. The van der Waals surface area contributed by atoms with Crippen molar-refractivity contribution >= 4 is 11.9 Å². The van der Waals surface area contributed by atoms with E-state index in [2.05, 4.69) is 19.1 Å². The lowest BCUT2D eigenvalue weighted by molar-refractivity contribution is -0.152. The summed E-state index contributed by atoms with van der Waals surface area (Å²) >= 11 is 0. The molecule has 1 fully saturated rings. The molecule has 1 heterocycles. The number of amides is 1. The summed E-state index contributed by atoms with van der Waals surface area (Å²) in [7, 11) is 0. The number of likely N-dealkylation sites (tertiary alicyclic amines) is 1. The largest absolute Gasteiger partial charge is 0.465 e. The maximum absolute atomic E-state index is 13.8. The first-order valence-corrected chi connectivity index (χ1v) is 9.51. The Morgan fingerprint density at radius 2 is 1.85 bits per heavy atom. The molecule has 0 N–H and O–H groups in total. The zero-order valence-electron chi connectivity index (χ0n) is 15.5. The highest BCUT2D eigenvalue weighted by molar-refractivity contribution is 5.94. The number of allylic oxidation sites excluding steroid dienone is 2. The summed E-state index contributed by atoms with van der Waals surface area (Å²) in [6, 6.07) is 2.94. The first kappa shape index (κ1) is 19.5. The predicted octanol–water partition coefficient (Wildman–Crippen LogP) is 3.96. The van der Waals surface area contributed by atoms with Gasteiger partial charge in [0.2, 0.25) is 0 Å². The molecule has 0 bridgehead atoms. The monoisotopic (exact) mass is 377 g/mol. The Bertz CT molecular complexity index is 726. The van der Waals surface area contributed by atoms with Crippen molar-refractivity contribution in [1.29, 1.82) is 0 Å². The topological polar surface area (TPSA) is 46.6 Å². The number of halogens is 2. The maximum atomic E-state index is 13.8. The van der Waals surface area contributed by atoms with Gasteiger partial charge in [0, 0.05) is 19.2 Å². The molecule has 0 saturated carbocycles. The van der Waals surface area contributed by atoms with E-state index < -0.39 is 17.5 Å². The van der Waals surface area contributed by atoms with E-state index >= 15 is 0 Å². The van der Waals surface area contributed by atoms with Crippen LogP contribution in [0.4, 0.5) is 8.78 Å². The van der Waals surface area contributed by atoms with Gasteiger partial charge in [-0.3, -0.25) is 9.59 Å². The summed E-state index contributed by atoms with van der Waals surface area (Å²) in [6.07, 6.45) is 7.24. The van der Waals surface area contributed by atoms with E-state index in [1.165, 1.54) is 4.90 Å². The number of hydrogen-bond donors (Lipinski definition) is 0. The van der Waals surface area contributed by atoms with Crippen LogP contribution in [0.5, 0.6) is 0 Å². The van der Waals surface area contributed by atoms with Crippen molar-refractivity contribution < 1.29 is 23.1 Å². The van der Waals surface area contributed by atoms with Gasteiger partial charge in [-0.05, 0) is 49.7 Å². The van der Waals surface area contributed by atoms with E-state index in [0.717, 1.165) is 25.0 Å². The van der Waals surface area contributed by atoms with Gasteiger partial charge in [0.25, 0.3) is 5.91 Å². The summed E-state index contributed by atoms with van der Waals surface area (Å²) in [5, 5.41) is 0. The first-order chi connectivity index (χ1) is 13.0. The fourth-order valence-corrected chi connectivity index (χ4v) is 3.70. The van der Waals surface area contributed by atoms with Gasteiger partial charge in [-0.1, -0.05) is 19.1 Å². The number of benzene rings is 1. The van der Waals surface area contributed by atoms with Gasteiger partial charge in [-0.25, -0.2) is 8.78 Å². The Labute approximate surface area is 158 Å². The van der Waals surface area contributed by atoms with E-state index in [0.29, 0.717) is 50.4 Å². The molecule has 3 rings (SSSR count). The van der Waals surface area contributed by atoms with Crippen LogP contribution in [0.3, 0.4) is 0 Å². The SMILES string of the molecule is CC1CC=CCC1COC(=O)C1CCN(C(=O)c2ccc(F)cc2F)CC1. The molecule has 146 valence electrons. The maximum Gasteiger partial charge on any atom is 0.309 e. The predicted molar refractivity (Wildman–Crippen MR) is 97.0 cm³/mol. The highest BCUT2D eigenvalue weighted by Crippen LogP contribution is 2.26. The van der Waals surface area contributed by atoms with Gasteiger partial charge in [-0.15, -0.1) is 0 Å². The van der Waals surface area contributed by atoms with Crippen LogP contribution in [0.15, 0.2) is 30.4 Å². The van der Waals surface area contributed by atoms with E-state index in [1.807, 2.05) is 0 Å². The van der Waals surface area contributed by atoms with Crippen molar-refractivity contribution in [2.45, 2.75) is 32.6 Å². The van der Waals surface area contributed by atoms with Crippen LogP contribution in [0, 0.1) is 29.4 Å². The number of ether oxygens (including phenoxy) is 1. The van der Waals surface area contributed by atoms with Crippen molar-refractivity contribution in [3.63, 3.8) is 0 Å². The second-order valence-electron chi connectivity index (χ2n) is 7.50. The highest BCUT2D eigenvalue weighted by atomic mass is 19.1. The summed E-state index contributed by atoms with van der Waals surface area (Å²) in [4.78, 5) is 26.3. The minimum absolute atomic E-state index is 0.142. The minimum atomic E-state index is -0.864. The number of esters is 1. The van der Waals surface area contributed by atoms with Gasteiger partial charge >= 0.3 is 5.97 Å². The molecule has 1 aliphatic heterocycles. The summed E-state index contributed by atoms with van der Waals surface area (Å²) in [5.74, 6) is -1.62. The molecule has 2 unspecified atom stereocenters. The van der Waals surface area contributed by atoms with E-state index in [-0.39, 0.29) is 17.5 Å². The Kier molecular flexibility index (Phi) is 6.24. The van der Waals surface area contributed by atoms with Gasteiger partial charge in [0.15, 0.2) is 0 Å². The quantitative estimate of drug-likeness (QED) is 0.589. The third-order valence-electron chi connectivity index (χ3n) is 5.63. The molecule has 0 radical (unpaired) electrons. The van der Waals surface area contributed by atoms with Gasteiger partial charge in [0.1, 0.15) is 11.6 Å². The average Bonchev–Trinajstić information content (AvgIpc) is 2.67. The fraction of sp³-hybridized carbons (Fsp3) is 0.524. The van der Waals surface area contributed by atoms with Crippen LogP contribution >= 0.6 is 0 Å². The number of piperidine rings is 1. The molecule has 6 heteroatoms. The summed E-state index contributed by atoms with van der Waals surface area (Å²) < 4.78 is 32.3. The molecule has 0 aromatic heterocycles. The van der Waals surface area contributed by atoms with Crippen LogP contribution in [-0.2, 0) is 9.53 Å². The molecule has 2 atom stereocenters. The van der Waals surface area contributed by atoms with Gasteiger partial charge < -0.3 is 9.64 Å². The normalized spacial score (nSPS) is 23.3. The van der Waals surface area contributed by atoms with Crippen LogP contribution in [0.2, 0.25) is 0 Å².